The number of anilines is 1. The Labute approximate surface area is 226 Å². The van der Waals surface area contributed by atoms with E-state index in [0.717, 1.165) is 15.4 Å². The van der Waals surface area contributed by atoms with Crippen molar-refractivity contribution in [3.63, 3.8) is 0 Å². The summed E-state index contributed by atoms with van der Waals surface area (Å²) < 4.78 is 28.8. The fourth-order valence-corrected chi connectivity index (χ4v) is 5.70. The molecule has 0 aromatic heterocycles. The summed E-state index contributed by atoms with van der Waals surface area (Å²) in [4.78, 5) is 28.5. The zero-order valence-electron chi connectivity index (χ0n) is 22.5. The smallest absolute Gasteiger partial charge is 0.264 e. The van der Waals surface area contributed by atoms with Crippen LogP contribution in [0.2, 0.25) is 0 Å². The van der Waals surface area contributed by atoms with Crippen LogP contribution in [0.25, 0.3) is 0 Å². The number of carbonyl (C=O) groups excluding carboxylic acids is 2. The van der Waals surface area contributed by atoms with E-state index in [1.54, 1.807) is 30.3 Å². The monoisotopic (exact) mass is 535 g/mol. The minimum Gasteiger partial charge on any atom is -0.355 e. The molecule has 0 bridgehead atoms. The van der Waals surface area contributed by atoms with Crippen LogP contribution < -0.4 is 9.62 Å². The second kappa shape index (κ2) is 13.2. The van der Waals surface area contributed by atoms with Gasteiger partial charge in [0.25, 0.3) is 10.0 Å². The largest absolute Gasteiger partial charge is 0.355 e. The lowest BCUT2D eigenvalue weighted by Crippen LogP contribution is -2.52. The Morgan fingerprint density at radius 2 is 1.42 bits per heavy atom. The first kappa shape index (κ1) is 28.9. The Hall–Kier alpha value is -3.65. The van der Waals surface area contributed by atoms with Gasteiger partial charge >= 0.3 is 0 Å². The van der Waals surface area contributed by atoms with Crippen LogP contribution in [0.15, 0.2) is 89.8 Å². The van der Waals surface area contributed by atoms with Gasteiger partial charge in [0.1, 0.15) is 12.6 Å². The van der Waals surface area contributed by atoms with E-state index in [-0.39, 0.29) is 23.3 Å². The summed E-state index contributed by atoms with van der Waals surface area (Å²) in [6.07, 6.45) is 0.388. The lowest BCUT2D eigenvalue weighted by atomic mass is 10.0. The van der Waals surface area contributed by atoms with E-state index in [4.69, 9.17) is 0 Å². The molecule has 38 heavy (non-hydrogen) atoms. The van der Waals surface area contributed by atoms with E-state index in [1.165, 1.54) is 17.0 Å². The van der Waals surface area contributed by atoms with Crippen molar-refractivity contribution in [3.8, 4) is 0 Å². The van der Waals surface area contributed by atoms with Crippen LogP contribution in [-0.2, 0) is 26.2 Å². The molecule has 1 atom stereocenters. The summed E-state index contributed by atoms with van der Waals surface area (Å²) in [5, 5.41) is 2.81. The van der Waals surface area contributed by atoms with Crippen LogP contribution in [-0.4, -0.2) is 44.3 Å². The van der Waals surface area contributed by atoms with Gasteiger partial charge in [-0.15, -0.1) is 0 Å². The van der Waals surface area contributed by atoms with Crippen LogP contribution in [0, 0.1) is 0 Å². The van der Waals surface area contributed by atoms with E-state index >= 15 is 0 Å². The average molecular weight is 536 g/mol. The fraction of sp³-hybridized carbons (Fsp3) is 0.333. The molecule has 1 N–H and O–H groups in total. The van der Waals surface area contributed by atoms with Gasteiger partial charge in [-0.2, -0.15) is 0 Å². The van der Waals surface area contributed by atoms with Crippen LogP contribution in [0.1, 0.15) is 51.2 Å². The van der Waals surface area contributed by atoms with E-state index in [1.807, 2.05) is 56.3 Å². The first-order valence-corrected chi connectivity index (χ1v) is 14.4. The zero-order valence-corrected chi connectivity index (χ0v) is 23.3. The van der Waals surface area contributed by atoms with Crippen LogP contribution in [0.4, 0.5) is 5.69 Å². The quantitative estimate of drug-likeness (QED) is 0.356. The van der Waals surface area contributed by atoms with E-state index in [9.17, 15) is 18.0 Å². The first-order chi connectivity index (χ1) is 18.2. The number of rotatable bonds is 12. The Kier molecular flexibility index (Phi) is 10.1. The molecule has 0 unspecified atom stereocenters. The van der Waals surface area contributed by atoms with Crippen molar-refractivity contribution in [2.45, 2.75) is 57.5 Å². The molecule has 0 heterocycles. The minimum atomic E-state index is -4.07. The zero-order chi connectivity index (χ0) is 27.7. The highest BCUT2D eigenvalue weighted by Crippen LogP contribution is 2.26. The summed E-state index contributed by atoms with van der Waals surface area (Å²) >= 11 is 0. The normalized spacial score (nSPS) is 12.1. The van der Waals surface area contributed by atoms with Crippen molar-refractivity contribution in [1.29, 1.82) is 0 Å². The van der Waals surface area contributed by atoms with Gasteiger partial charge in [0, 0.05) is 13.1 Å². The second-order valence-corrected chi connectivity index (χ2v) is 11.3. The molecule has 0 saturated carbocycles. The summed E-state index contributed by atoms with van der Waals surface area (Å²) in [7, 11) is -4.07. The molecule has 8 heteroatoms. The standard InChI is InChI=1S/C30H37N3O4S/c1-5-28(30(35)31-6-2)32(21-24-13-9-7-10-14-24)29(34)22-33(26-19-17-25(18-20-26)23(3)4)38(36,37)27-15-11-8-12-16-27/h7-20,23,28H,5-6,21-22H2,1-4H3,(H,31,35)/t28-/m1/s1. The number of hydrogen-bond donors (Lipinski definition) is 1. The molecule has 0 radical (unpaired) electrons. The molecule has 0 fully saturated rings. The lowest BCUT2D eigenvalue weighted by Gasteiger charge is -2.33. The number of sulfonamides is 1. The van der Waals surface area contributed by atoms with Gasteiger partial charge < -0.3 is 10.2 Å². The number of nitrogens with one attached hydrogen (secondary N) is 1. The topological polar surface area (TPSA) is 86.8 Å². The molecule has 0 aliphatic heterocycles. The summed E-state index contributed by atoms with van der Waals surface area (Å²) in [5.41, 5.74) is 2.30. The Balaban J connectivity index is 2.04. The predicted molar refractivity (Wildman–Crippen MR) is 151 cm³/mol. The molecular weight excluding hydrogens is 498 g/mol. The average Bonchev–Trinajstić information content (AvgIpc) is 2.92. The molecule has 0 spiro atoms. The maximum Gasteiger partial charge on any atom is 0.264 e. The van der Waals surface area contributed by atoms with Gasteiger partial charge in [-0.3, -0.25) is 13.9 Å². The molecule has 0 aliphatic rings. The molecule has 3 aromatic carbocycles. The van der Waals surface area contributed by atoms with E-state index in [2.05, 4.69) is 19.2 Å². The molecule has 2 amide bonds. The van der Waals surface area contributed by atoms with Crippen molar-refractivity contribution < 1.29 is 18.0 Å². The fourth-order valence-electron chi connectivity index (χ4n) is 4.27. The molecule has 0 saturated heterocycles. The van der Waals surface area contributed by atoms with Gasteiger partial charge in [-0.25, -0.2) is 8.42 Å². The minimum absolute atomic E-state index is 0.0890. The predicted octanol–water partition coefficient (Wildman–Crippen LogP) is 4.95. The summed E-state index contributed by atoms with van der Waals surface area (Å²) in [5.74, 6) is -0.453. The number of carbonyl (C=O) groups is 2. The number of benzene rings is 3. The highest BCUT2D eigenvalue weighted by Gasteiger charge is 2.33. The van der Waals surface area contributed by atoms with Crippen molar-refractivity contribution in [2.24, 2.45) is 0 Å². The van der Waals surface area contributed by atoms with Crippen molar-refractivity contribution in [1.82, 2.24) is 10.2 Å². The van der Waals surface area contributed by atoms with Gasteiger partial charge in [0.05, 0.1) is 10.6 Å². The number of nitrogens with zero attached hydrogens (tertiary/aromatic N) is 2. The molecule has 202 valence electrons. The highest BCUT2D eigenvalue weighted by atomic mass is 32.2. The summed E-state index contributed by atoms with van der Waals surface area (Å²) in [6.45, 7) is 7.95. The van der Waals surface area contributed by atoms with Gasteiger partial charge in [-0.05, 0) is 54.7 Å². The molecular formula is C30H37N3O4S. The van der Waals surface area contributed by atoms with Crippen molar-refractivity contribution >= 4 is 27.5 Å². The number of hydrogen-bond acceptors (Lipinski definition) is 4. The van der Waals surface area contributed by atoms with Crippen LogP contribution in [0.3, 0.4) is 0 Å². The van der Waals surface area contributed by atoms with Gasteiger partial charge in [0.15, 0.2) is 0 Å². The first-order valence-electron chi connectivity index (χ1n) is 13.0. The maximum absolute atomic E-state index is 13.9. The Bertz CT molecular complexity index is 1290. The number of likely N-dealkylation sites (N-methyl/N-ethyl adjacent to an activating group) is 1. The Morgan fingerprint density at radius 1 is 0.842 bits per heavy atom. The molecule has 3 aromatic rings. The van der Waals surface area contributed by atoms with Crippen molar-refractivity contribution in [3.05, 3.63) is 96.1 Å². The van der Waals surface area contributed by atoms with Crippen molar-refractivity contribution in [2.75, 3.05) is 17.4 Å². The summed E-state index contributed by atoms with van der Waals surface area (Å²) in [6, 6.07) is 23.9. The second-order valence-electron chi connectivity index (χ2n) is 9.40. The lowest BCUT2D eigenvalue weighted by molar-refractivity contribution is -0.140. The van der Waals surface area contributed by atoms with E-state index < -0.39 is 28.5 Å². The third-order valence-corrected chi connectivity index (χ3v) is 8.18. The Morgan fingerprint density at radius 3 is 1.95 bits per heavy atom. The third-order valence-electron chi connectivity index (χ3n) is 6.39. The maximum atomic E-state index is 13.9. The van der Waals surface area contributed by atoms with Gasteiger partial charge in [0.2, 0.25) is 11.8 Å². The van der Waals surface area contributed by atoms with Crippen LogP contribution in [0.5, 0.6) is 0 Å². The number of amides is 2. The highest BCUT2D eigenvalue weighted by molar-refractivity contribution is 7.92. The molecule has 3 rings (SSSR count). The van der Waals surface area contributed by atoms with Crippen LogP contribution >= 0.6 is 0 Å². The molecule has 0 aliphatic carbocycles. The van der Waals surface area contributed by atoms with E-state index in [0.29, 0.717) is 18.7 Å². The third kappa shape index (κ3) is 7.01. The SMILES string of the molecule is CCNC(=O)[C@@H](CC)N(Cc1ccccc1)C(=O)CN(c1ccc(C(C)C)cc1)S(=O)(=O)c1ccccc1. The van der Waals surface area contributed by atoms with Gasteiger partial charge in [-0.1, -0.05) is 81.4 Å². The molecule has 7 nitrogen and oxygen atoms in total.